The van der Waals surface area contributed by atoms with E-state index in [2.05, 4.69) is 4.98 Å². The molecule has 0 amide bonds. The highest BCUT2D eigenvalue weighted by molar-refractivity contribution is 7.89. The first-order chi connectivity index (χ1) is 9.55. The fourth-order valence-electron chi connectivity index (χ4n) is 2.24. The van der Waals surface area contributed by atoms with Crippen molar-refractivity contribution in [2.45, 2.75) is 24.7 Å². The molecule has 1 fully saturated rings. The van der Waals surface area contributed by atoms with Gasteiger partial charge in [-0.2, -0.15) is 4.31 Å². The minimum Gasteiger partial charge on any atom is -0.466 e. The summed E-state index contributed by atoms with van der Waals surface area (Å²) in [6.07, 6.45) is 3.87. The van der Waals surface area contributed by atoms with Crippen LogP contribution in [-0.2, 0) is 19.6 Å². The fourth-order valence-corrected chi connectivity index (χ4v) is 3.67. The van der Waals surface area contributed by atoms with Gasteiger partial charge in [-0.05, 0) is 31.9 Å². The highest BCUT2D eigenvalue weighted by atomic mass is 32.2. The van der Waals surface area contributed by atoms with Gasteiger partial charge in [-0.25, -0.2) is 8.42 Å². The molecule has 0 radical (unpaired) electrons. The molecule has 0 N–H and O–H groups in total. The van der Waals surface area contributed by atoms with Crippen molar-refractivity contribution in [3.8, 4) is 0 Å². The maximum absolute atomic E-state index is 12.4. The van der Waals surface area contributed by atoms with E-state index in [1.165, 1.54) is 22.8 Å². The Bertz CT molecular complexity index is 551. The molecule has 110 valence electrons. The molecule has 0 atom stereocenters. The maximum Gasteiger partial charge on any atom is 0.309 e. The molecule has 1 aliphatic rings. The number of pyridine rings is 1. The summed E-state index contributed by atoms with van der Waals surface area (Å²) in [4.78, 5) is 15.6. The third kappa shape index (κ3) is 3.16. The van der Waals surface area contributed by atoms with Crippen molar-refractivity contribution in [3.63, 3.8) is 0 Å². The van der Waals surface area contributed by atoms with Crippen molar-refractivity contribution < 1.29 is 17.9 Å². The predicted molar refractivity (Wildman–Crippen MR) is 72.4 cm³/mol. The number of rotatable bonds is 4. The lowest BCUT2D eigenvalue weighted by Crippen LogP contribution is -2.40. The molecule has 0 aliphatic carbocycles. The number of piperidine rings is 1. The second-order valence-corrected chi connectivity index (χ2v) is 6.56. The Balaban J connectivity index is 2.02. The first-order valence-corrected chi connectivity index (χ1v) is 8.06. The van der Waals surface area contributed by atoms with Gasteiger partial charge in [0.15, 0.2) is 0 Å². The van der Waals surface area contributed by atoms with Crippen molar-refractivity contribution in [1.82, 2.24) is 9.29 Å². The van der Waals surface area contributed by atoms with Gasteiger partial charge in [0.25, 0.3) is 0 Å². The van der Waals surface area contributed by atoms with E-state index in [0.29, 0.717) is 32.5 Å². The number of sulfonamides is 1. The standard InChI is InChI=1S/C13H18N2O4S/c1-2-19-13(16)11-5-8-15(9-6-11)20(17,18)12-4-3-7-14-10-12/h3-4,7,10-11H,2,5-6,8-9H2,1H3. The van der Waals surface area contributed by atoms with Crippen LogP contribution in [-0.4, -0.2) is 43.4 Å². The van der Waals surface area contributed by atoms with Crippen LogP contribution in [0, 0.1) is 5.92 Å². The smallest absolute Gasteiger partial charge is 0.309 e. The van der Waals surface area contributed by atoms with E-state index in [4.69, 9.17) is 4.74 Å². The number of hydrogen-bond acceptors (Lipinski definition) is 5. The van der Waals surface area contributed by atoms with Crippen LogP contribution in [0.25, 0.3) is 0 Å². The van der Waals surface area contributed by atoms with Gasteiger partial charge in [0, 0.05) is 25.5 Å². The molecule has 1 aliphatic heterocycles. The molecule has 7 heteroatoms. The van der Waals surface area contributed by atoms with E-state index in [9.17, 15) is 13.2 Å². The van der Waals surface area contributed by atoms with Gasteiger partial charge >= 0.3 is 5.97 Å². The summed E-state index contributed by atoms with van der Waals surface area (Å²) in [6, 6.07) is 3.12. The van der Waals surface area contributed by atoms with Crippen LogP contribution in [0.5, 0.6) is 0 Å². The van der Waals surface area contributed by atoms with Crippen molar-refractivity contribution in [1.29, 1.82) is 0 Å². The quantitative estimate of drug-likeness (QED) is 0.776. The zero-order valence-electron chi connectivity index (χ0n) is 11.4. The minimum absolute atomic E-state index is 0.189. The monoisotopic (exact) mass is 298 g/mol. The number of ether oxygens (including phenoxy) is 1. The van der Waals surface area contributed by atoms with E-state index in [1.54, 1.807) is 13.0 Å². The number of esters is 1. The summed E-state index contributed by atoms with van der Waals surface area (Å²) < 4.78 is 31.1. The zero-order valence-corrected chi connectivity index (χ0v) is 12.2. The van der Waals surface area contributed by atoms with Crippen LogP contribution < -0.4 is 0 Å². The molecule has 1 saturated heterocycles. The van der Waals surface area contributed by atoms with Gasteiger partial charge in [-0.1, -0.05) is 0 Å². The first-order valence-electron chi connectivity index (χ1n) is 6.62. The number of carbonyl (C=O) groups is 1. The average Bonchev–Trinajstić information content (AvgIpc) is 2.48. The lowest BCUT2D eigenvalue weighted by atomic mass is 9.98. The van der Waals surface area contributed by atoms with Gasteiger partial charge in [0.1, 0.15) is 4.90 Å². The summed E-state index contributed by atoms with van der Waals surface area (Å²) in [7, 11) is -3.50. The minimum atomic E-state index is -3.50. The Kier molecular flexibility index (Phi) is 4.72. The van der Waals surface area contributed by atoms with Crippen LogP contribution in [0.2, 0.25) is 0 Å². The molecule has 0 saturated carbocycles. The number of aromatic nitrogens is 1. The highest BCUT2D eigenvalue weighted by Gasteiger charge is 2.32. The highest BCUT2D eigenvalue weighted by Crippen LogP contribution is 2.24. The van der Waals surface area contributed by atoms with Gasteiger partial charge < -0.3 is 4.74 Å². The summed E-state index contributed by atoms with van der Waals surface area (Å²) >= 11 is 0. The second-order valence-electron chi connectivity index (χ2n) is 4.62. The molecule has 0 unspecified atom stereocenters. The SMILES string of the molecule is CCOC(=O)C1CCN(S(=O)(=O)c2cccnc2)CC1. The lowest BCUT2D eigenvalue weighted by molar-refractivity contribution is -0.149. The molecule has 2 rings (SSSR count). The Morgan fingerprint density at radius 2 is 2.15 bits per heavy atom. The third-order valence-corrected chi connectivity index (χ3v) is 5.23. The van der Waals surface area contributed by atoms with Crippen LogP contribution >= 0.6 is 0 Å². The van der Waals surface area contributed by atoms with E-state index in [0.717, 1.165) is 0 Å². The van der Waals surface area contributed by atoms with Crippen molar-refractivity contribution in [3.05, 3.63) is 24.5 Å². The molecule has 1 aromatic rings. The van der Waals surface area contributed by atoms with Gasteiger partial charge in [0.05, 0.1) is 12.5 Å². The van der Waals surface area contributed by atoms with Crippen molar-refractivity contribution in [2.24, 2.45) is 5.92 Å². The largest absolute Gasteiger partial charge is 0.466 e. The lowest BCUT2D eigenvalue weighted by Gasteiger charge is -2.29. The number of nitrogens with zero attached hydrogens (tertiary/aromatic N) is 2. The molecule has 1 aromatic heterocycles. The van der Waals surface area contributed by atoms with Crippen LogP contribution in [0.1, 0.15) is 19.8 Å². The van der Waals surface area contributed by atoms with E-state index in [1.807, 2.05) is 0 Å². The Labute approximate surface area is 118 Å². The molecular formula is C13H18N2O4S. The predicted octanol–water partition coefficient (Wildman–Crippen LogP) is 1.05. The summed E-state index contributed by atoms with van der Waals surface area (Å²) in [6.45, 7) is 2.79. The summed E-state index contributed by atoms with van der Waals surface area (Å²) in [5.74, 6) is -0.429. The fraction of sp³-hybridized carbons (Fsp3) is 0.538. The Hall–Kier alpha value is -1.47. The molecule has 0 spiro atoms. The van der Waals surface area contributed by atoms with Gasteiger partial charge in [0.2, 0.25) is 10.0 Å². The Morgan fingerprint density at radius 3 is 2.70 bits per heavy atom. The van der Waals surface area contributed by atoms with Crippen LogP contribution in [0.4, 0.5) is 0 Å². The maximum atomic E-state index is 12.4. The summed E-state index contributed by atoms with van der Waals surface area (Å²) in [5, 5.41) is 0. The van der Waals surface area contributed by atoms with E-state index >= 15 is 0 Å². The molecule has 0 aromatic carbocycles. The summed E-state index contributed by atoms with van der Waals surface area (Å²) in [5.41, 5.74) is 0. The topological polar surface area (TPSA) is 76.6 Å². The molecule has 0 bridgehead atoms. The Morgan fingerprint density at radius 1 is 1.45 bits per heavy atom. The molecule has 6 nitrogen and oxygen atoms in total. The first kappa shape index (κ1) is 14.9. The van der Waals surface area contributed by atoms with Crippen LogP contribution in [0.15, 0.2) is 29.4 Å². The molecule has 2 heterocycles. The van der Waals surface area contributed by atoms with E-state index < -0.39 is 10.0 Å². The second kappa shape index (κ2) is 6.32. The number of carbonyl (C=O) groups excluding carboxylic acids is 1. The van der Waals surface area contributed by atoms with E-state index in [-0.39, 0.29) is 16.8 Å². The van der Waals surface area contributed by atoms with Crippen LogP contribution in [0.3, 0.4) is 0 Å². The zero-order chi connectivity index (χ0) is 14.6. The average molecular weight is 298 g/mol. The number of hydrogen-bond donors (Lipinski definition) is 0. The van der Waals surface area contributed by atoms with Gasteiger partial charge in [-0.15, -0.1) is 0 Å². The van der Waals surface area contributed by atoms with Gasteiger partial charge in [-0.3, -0.25) is 9.78 Å². The third-order valence-electron chi connectivity index (χ3n) is 3.35. The van der Waals surface area contributed by atoms with Crippen molar-refractivity contribution in [2.75, 3.05) is 19.7 Å². The normalized spacial score (nSPS) is 17.9. The molecular weight excluding hydrogens is 280 g/mol. The molecule has 20 heavy (non-hydrogen) atoms. The van der Waals surface area contributed by atoms with Crippen molar-refractivity contribution >= 4 is 16.0 Å².